The van der Waals surface area contributed by atoms with E-state index >= 15 is 0 Å². The van der Waals surface area contributed by atoms with Crippen LogP contribution in [0.2, 0.25) is 5.02 Å². The van der Waals surface area contributed by atoms with Crippen molar-refractivity contribution in [2.24, 2.45) is 0 Å². The fraction of sp³-hybridized carbons (Fsp3) is 0.0714. The molecule has 0 spiro atoms. The average Bonchev–Trinajstić information content (AvgIpc) is 2.40. The highest BCUT2D eigenvalue weighted by Crippen LogP contribution is 2.31. The molecule has 3 nitrogen and oxygen atoms in total. The first-order valence-corrected chi connectivity index (χ1v) is 6.71. The minimum absolute atomic E-state index is 0.370. The SMILES string of the molecule is COC(=O)c1cc(Sc2cccc(Cl)c2)ccc1N. The summed E-state index contributed by atoms with van der Waals surface area (Å²) in [6.07, 6.45) is 0. The zero-order valence-electron chi connectivity index (χ0n) is 10.2. The molecule has 0 fully saturated rings. The third-order valence-electron chi connectivity index (χ3n) is 2.46. The van der Waals surface area contributed by atoms with Gasteiger partial charge in [-0.2, -0.15) is 0 Å². The lowest BCUT2D eigenvalue weighted by Gasteiger charge is -2.07. The average molecular weight is 294 g/mol. The van der Waals surface area contributed by atoms with Crippen LogP contribution in [-0.4, -0.2) is 13.1 Å². The van der Waals surface area contributed by atoms with Gasteiger partial charge in [-0.25, -0.2) is 4.79 Å². The van der Waals surface area contributed by atoms with E-state index in [-0.39, 0.29) is 0 Å². The predicted octanol–water partition coefficient (Wildman–Crippen LogP) is 3.86. The fourth-order valence-electron chi connectivity index (χ4n) is 1.55. The molecule has 0 heterocycles. The Labute approximate surface area is 120 Å². The Hall–Kier alpha value is -1.65. The van der Waals surface area contributed by atoms with Crippen LogP contribution >= 0.6 is 23.4 Å². The molecule has 0 saturated carbocycles. The number of nitrogen functional groups attached to an aromatic ring is 1. The van der Waals surface area contributed by atoms with E-state index in [0.29, 0.717) is 16.3 Å². The minimum Gasteiger partial charge on any atom is -0.465 e. The van der Waals surface area contributed by atoms with Crippen LogP contribution in [0.1, 0.15) is 10.4 Å². The summed E-state index contributed by atoms with van der Waals surface area (Å²) in [7, 11) is 1.33. The second kappa shape index (κ2) is 5.99. The standard InChI is InChI=1S/C14H12ClNO2S/c1-18-14(17)12-8-11(5-6-13(12)16)19-10-4-2-3-9(15)7-10/h2-8H,16H2,1H3. The molecule has 2 rings (SSSR count). The van der Waals surface area contributed by atoms with Crippen molar-refractivity contribution in [2.75, 3.05) is 12.8 Å². The smallest absolute Gasteiger partial charge is 0.339 e. The van der Waals surface area contributed by atoms with Crippen molar-refractivity contribution in [3.63, 3.8) is 0 Å². The Kier molecular flexibility index (Phi) is 4.35. The molecule has 2 aromatic carbocycles. The van der Waals surface area contributed by atoms with Gasteiger partial charge < -0.3 is 10.5 Å². The van der Waals surface area contributed by atoms with E-state index < -0.39 is 5.97 Å². The molecule has 0 bridgehead atoms. The number of hydrogen-bond donors (Lipinski definition) is 1. The Morgan fingerprint density at radius 3 is 2.63 bits per heavy atom. The number of halogens is 1. The van der Waals surface area contributed by atoms with Gasteiger partial charge in [0.05, 0.1) is 12.7 Å². The topological polar surface area (TPSA) is 52.3 Å². The molecule has 98 valence electrons. The third-order valence-corrected chi connectivity index (χ3v) is 3.68. The van der Waals surface area contributed by atoms with Gasteiger partial charge in [0.1, 0.15) is 0 Å². The van der Waals surface area contributed by atoms with Gasteiger partial charge in [0, 0.05) is 20.5 Å². The summed E-state index contributed by atoms with van der Waals surface area (Å²) in [4.78, 5) is 13.5. The Bertz CT molecular complexity index is 616. The van der Waals surface area contributed by atoms with E-state index in [9.17, 15) is 4.79 Å². The number of anilines is 1. The highest BCUT2D eigenvalue weighted by molar-refractivity contribution is 7.99. The lowest BCUT2D eigenvalue weighted by atomic mass is 10.2. The van der Waals surface area contributed by atoms with E-state index in [0.717, 1.165) is 9.79 Å². The highest BCUT2D eigenvalue weighted by Gasteiger charge is 2.11. The monoisotopic (exact) mass is 293 g/mol. The summed E-state index contributed by atoms with van der Waals surface area (Å²) in [5, 5.41) is 0.675. The van der Waals surface area contributed by atoms with Gasteiger partial charge in [-0.15, -0.1) is 0 Å². The van der Waals surface area contributed by atoms with Crippen LogP contribution < -0.4 is 5.73 Å². The normalized spacial score (nSPS) is 10.2. The predicted molar refractivity (Wildman–Crippen MR) is 77.8 cm³/mol. The van der Waals surface area contributed by atoms with Crippen molar-refractivity contribution in [3.05, 3.63) is 53.1 Å². The van der Waals surface area contributed by atoms with E-state index in [1.807, 2.05) is 30.3 Å². The quantitative estimate of drug-likeness (QED) is 0.689. The van der Waals surface area contributed by atoms with Gasteiger partial charge in [-0.3, -0.25) is 0 Å². The number of carbonyl (C=O) groups excluding carboxylic acids is 1. The second-order valence-corrected chi connectivity index (χ2v) is 5.38. The van der Waals surface area contributed by atoms with E-state index in [4.69, 9.17) is 22.1 Å². The van der Waals surface area contributed by atoms with Gasteiger partial charge in [-0.1, -0.05) is 29.4 Å². The maximum absolute atomic E-state index is 11.6. The number of hydrogen-bond acceptors (Lipinski definition) is 4. The third kappa shape index (κ3) is 3.43. The van der Waals surface area contributed by atoms with Gasteiger partial charge in [0.25, 0.3) is 0 Å². The van der Waals surface area contributed by atoms with Crippen LogP contribution in [0.4, 0.5) is 5.69 Å². The first-order chi connectivity index (χ1) is 9.10. The number of carbonyl (C=O) groups is 1. The first kappa shape index (κ1) is 13.8. The lowest BCUT2D eigenvalue weighted by molar-refractivity contribution is 0.0601. The molecule has 2 aromatic rings. The number of ether oxygens (including phenoxy) is 1. The molecule has 0 radical (unpaired) electrons. The number of esters is 1. The zero-order chi connectivity index (χ0) is 13.8. The van der Waals surface area contributed by atoms with Crippen LogP contribution in [-0.2, 0) is 4.74 Å². The molecule has 0 aliphatic rings. The first-order valence-electron chi connectivity index (χ1n) is 5.51. The molecule has 0 aliphatic heterocycles. The second-order valence-electron chi connectivity index (χ2n) is 3.80. The van der Waals surface area contributed by atoms with E-state index in [1.54, 1.807) is 12.1 Å². The molecular weight excluding hydrogens is 282 g/mol. The van der Waals surface area contributed by atoms with Crippen molar-refractivity contribution >= 4 is 35.0 Å². The molecule has 0 unspecified atom stereocenters. The van der Waals surface area contributed by atoms with Gasteiger partial charge in [-0.05, 0) is 36.4 Å². The maximum Gasteiger partial charge on any atom is 0.339 e. The molecule has 19 heavy (non-hydrogen) atoms. The summed E-state index contributed by atoms with van der Waals surface area (Å²) in [6.45, 7) is 0. The Morgan fingerprint density at radius 1 is 1.21 bits per heavy atom. The largest absolute Gasteiger partial charge is 0.465 e. The summed E-state index contributed by atoms with van der Waals surface area (Å²) >= 11 is 7.44. The summed E-state index contributed by atoms with van der Waals surface area (Å²) in [6, 6.07) is 12.8. The van der Waals surface area contributed by atoms with Crippen molar-refractivity contribution in [1.29, 1.82) is 0 Å². The Morgan fingerprint density at radius 2 is 1.95 bits per heavy atom. The molecule has 5 heteroatoms. The number of methoxy groups -OCH3 is 1. The van der Waals surface area contributed by atoms with Crippen molar-refractivity contribution in [2.45, 2.75) is 9.79 Å². The Balaban J connectivity index is 2.29. The van der Waals surface area contributed by atoms with Gasteiger partial charge >= 0.3 is 5.97 Å². The van der Waals surface area contributed by atoms with Crippen molar-refractivity contribution < 1.29 is 9.53 Å². The van der Waals surface area contributed by atoms with Crippen molar-refractivity contribution in [3.8, 4) is 0 Å². The number of rotatable bonds is 3. The van der Waals surface area contributed by atoms with E-state index in [2.05, 4.69) is 0 Å². The summed E-state index contributed by atoms with van der Waals surface area (Å²) in [5.41, 5.74) is 6.53. The molecular formula is C14H12ClNO2S. The molecule has 0 amide bonds. The molecule has 0 atom stereocenters. The molecule has 0 aliphatic carbocycles. The zero-order valence-corrected chi connectivity index (χ0v) is 11.8. The minimum atomic E-state index is -0.439. The summed E-state index contributed by atoms with van der Waals surface area (Å²) < 4.78 is 4.69. The molecule has 0 aromatic heterocycles. The van der Waals surface area contributed by atoms with Crippen molar-refractivity contribution in [1.82, 2.24) is 0 Å². The lowest BCUT2D eigenvalue weighted by Crippen LogP contribution is -2.05. The fourth-order valence-corrected chi connectivity index (χ4v) is 2.72. The number of nitrogens with two attached hydrogens (primary N) is 1. The van der Waals surface area contributed by atoms with Crippen LogP contribution in [0.3, 0.4) is 0 Å². The van der Waals surface area contributed by atoms with Gasteiger partial charge in [0.2, 0.25) is 0 Å². The number of benzene rings is 2. The van der Waals surface area contributed by atoms with Gasteiger partial charge in [0.15, 0.2) is 0 Å². The van der Waals surface area contributed by atoms with Crippen LogP contribution in [0.15, 0.2) is 52.3 Å². The molecule has 0 saturated heterocycles. The van der Waals surface area contributed by atoms with Crippen LogP contribution in [0.25, 0.3) is 0 Å². The molecule has 2 N–H and O–H groups in total. The van der Waals surface area contributed by atoms with Crippen LogP contribution in [0, 0.1) is 0 Å². The maximum atomic E-state index is 11.6. The van der Waals surface area contributed by atoms with Crippen LogP contribution in [0.5, 0.6) is 0 Å². The van der Waals surface area contributed by atoms with E-state index in [1.165, 1.54) is 18.9 Å². The highest BCUT2D eigenvalue weighted by atomic mass is 35.5. The summed E-state index contributed by atoms with van der Waals surface area (Å²) in [5.74, 6) is -0.439.